The molecule has 0 saturated carbocycles. The first-order chi connectivity index (χ1) is 7.48. The Bertz CT molecular complexity index is 282. The third kappa shape index (κ3) is 9.96. The Morgan fingerprint density at radius 3 is 2.25 bits per heavy atom. The van der Waals surface area contributed by atoms with Gasteiger partial charge < -0.3 is 4.74 Å². The molecular formula is C11H22O4S. The Morgan fingerprint density at radius 2 is 1.69 bits per heavy atom. The maximum absolute atomic E-state index is 11.5. The van der Waals surface area contributed by atoms with Crippen LogP contribution < -0.4 is 0 Å². The molecule has 16 heavy (non-hydrogen) atoms. The van der Waals surface area contributed by atoms with Gasteiger partial charge in [-0.15, -0.1) is 0 Å². The number of sulfone groups is 1. The predicted octanol–water partition coefficient (Wildman–Crippen LogP) is 1.93. The first-order valence-electron chi connectivity index (χ1n) is 5.81. The fourth-order valence-electron chi connectivity index (χ4n) is 1.34. The van der Waals surface area contributed by atoms with Crippen LogP contribution in [0.3, 0.4) is 0 Å². The molecular weight excluding hydrogens is 228 g/mol. The molecule has 0 N–H and O–H groups in total. The monoisotopic (exact) mass is 250 g/mol. The summed E-state index contributed by atoms with van der Waals surface area (Å²) in [5, 5.41) is 0. The lowest BCUT2D eigenvalue weighted by Gasteiger charge is -2.04. The zero-order valence-electron chi connectivity index (χ0n) is 10.2. The van der Waals surface area contributed by atoms with Gasteiger partial charge >= 0.3 is 5.97 Å². The second-order valence-electron chi connectivity index (χ2n) is 3.91. The summed E-state index contributed by atoms with van der Waals surface area (Å²) in [5.41, 5.74) is 0. The average Bonchev–Trinajstić information content (AvgIpc) is 2.16. The molecule has 0 aromatic heterocycles. The van der Waals surface area contributed by atoms with Gasteiger partial charge in [-0.2, -0.15) is 0 Å². The largest absolute Gasteiger partial charge is 0.465 e. The van der Waals surface area contributed by atoms with E-state index in [4.69, 9.17) is 0 Å². The molecule has 4 nitrogen and oxygen atoms in total. The van der Waals surface area contributed by atoms with E-state index in [-0.39, 0.29) is 18.1 Å². The van der Waals surface area contributed by atoms with Gasteiger partial charge in [-0.05, 0) is 6.42 Å². The van der Waals surface area contributed by atoms with Gasteiger partial charge in [0.25, 0.3) is 0 Å². The minimum absolute atomic E-state index is 0.0212. The van der Waals surface area contributed by atoms with Crippen LogP contribution in [0.15, 0.2) is 0 Å². The van der Waals surface area contributed by atoms with Crippen molar-refractivity contribution in [2.75, 3.05) is 18.1 Å². The molecule has 0 spiro atoms. The summed E-state index contributed by atoms with van der Waals surface area (Å²) in [4.78, 5) is 10.4. The van der Waals surface area contributed by atoms with Crippen molar-refractivity contribution in [1.82, 2.24) is 0 Å². The highest BCUT2D eigenvalue weighted by atomic mass is 32.2. The molecule has 0 heterocycles. The summed E-state index contributed by atoms with van der Waals surface area (Å²) < 4.78 is 27.5. The van der Waals surface area contributed by atoms with Gasteiger partial charge in [0.1, 0.15) is 6.61 Å². The number of esters is 1. The third-order valence-corrected chi connectivity index (χ3v) is 3.96. The lowest BCUT2D eigenvalue weighted by Crippen LogP contribution is -2.17. The summed E-state index contributed by atoms with van der Waals surface area (Å²) >= 11 is 0. The van der Waals surface area contributed by atoms with Crippen LogP contribution >= 0.6 is 0 Å². The molecule has 0 amide bonds. The number of carbonyl (C=O) groups excluding carboxylic acids is 1. The van der Waals surface area contributed by atoms with Gasteiger partial charge in [0, 0.05) is 6.92 Å². The van der Waals surface area contributed by atoms with Crippen LogP contribution in [0.1, 0.15) is 46.0 Å². The van der Waals surface area contributed by atoms with Crippen molar-refractivity contribution in [2.45, 2.75) is 46.0 Å². The van der Waals surface area contributed by atoms with Crippen LogP contribution in [0.5, 0.6) is 0 Å². The summed E-state index contributed by atoms with van der Waals surface area (Å²) in [7, 11) is -3.04. The van der Waals surface area contributed by atoms with E-state index in [0.717, 1.165) is 25.7 Å². The van der Waals surface area contributed by atoms with Crippen molar-refractivity contribution in [3.05, 3.63) is 0 Å². The van der Waals surface area contributed by atoms with E-state index >= 15 is 0 Å². The Balaban J connectivity index is 3.58. The van der Waals surface area contributed by atoms with Crippen LogP contribution in [0.2, 0.25) is 0 Å². The molecule has 0 bridgehead atoms. The predicted molar refractivity (Wildman–Crippen MR) is 64.0 cm³/mol. The normalized spacial score (nSPS) is 11.4. The molecule has 0 aromatic carbocycles. The third-order valence-electron chi connectivity index (χ3n) is 2.26. The number of ether oxygens (including phenoxy) is 1. The Hall–Kier alpha value is -0.580. The topological polar surface area (TPSA) is 60.4 Å². The average molecular weight is 250 g/mol. The standard InChI is InChI=1S/C11H22O4S/c1-3-4-5-6-7-9-16(13,14)10-8-15-11(2)12/h3-10H2,1-2H3. The number of hydrogen-bond acceptors (Lipinski definition) is 4. The molecule has 0 atom stereocenters. The van der Waals surface area contributed by atoms with Crippen LogP contribution in [-0.4, -0.2) is 32.5 Å². The second kappa shape index (κ2) is 8.56. The smallest absolute Gasteiger partial charge is 0.302 e. The van der Waals surface area contributed by atoms with Gasteiger partial charge in [-0.3, -0.25) is 4.79 Å². The fraction of sp³-hybridized carbons (Fsp3) is 0.909. The van der Waals surface area contributed by atoms with Crippen LogP contribution in [0, 0.1) is 0 Å². The molecule has 96 valence electrons. The minimum Gasteiger partial charge on any atom is -0.465 e. The molecule has 0 radical (unpaired) electrons. The number of rotatable bonds is 9. The van der Waals surface area contributed by atoms with Crippen molar-refractivity contribution in [3.8, 4) is 0 Å². The Labute approximate surface area is 98.3 Å². The molecule has 0 aromatic rings. The maximum Gasteiger partial charge on any atom is 0.302 e. The van der Waals surface area contributed by atoms with Gasteiger partial charge in [0.2, 0.25) is 0 Å². The highest BCUT2D eigenvalue weighted by Crippen LogP contribution is 2.05. The van der Waals surface area contributed by atoms with Crippen molar-refractivity contribution < 1.29 is 17.9 Å². The second-order valence-corrected chi connectivity index (χ2v) is 6.21. The summed E-state index contributed by atoms with van der Waals surface area (Å²) in [6.07, 6.45) is 5.08. The Kier molecular flexibility index (Phi) is 8.25. The first kappa shape index (κ1) is 15.4. The van der Waals surface area contributed by atoms with E-state index < -0.39 is 15.8 Å². The van der Waals surface area contributed by atoms with Gasteiger partial charge in [0.05, 0.1) is 11.5 Å². The van der Waals surface area contributed by atoms with E-state index in [1.807, 2.05) is 0 Å². The van der Waals surface area contributed by atoms with Crippen molar-refractivity contribution in [3.63, 3.8) is 0 Å². The van der Waals surface area contributed by atoms with Gasteiger partial charge in [-0.25, -0.2) is 8.42 Å². The number of hydrogen-bond donors (Lipinski definition) is 0. The van der Waals surface area contributed by atoms with Crippen LogP contribution in [-0.2, 0) is 19.4 Å². The highest BCUT2D eigenvalue weighted by Gasteiger charge is 2.10. The lowest BCUT2D eigenvalue weighted by molar-refractivity contribution is -0.140. The van der Waals surface area contributed by atoms with E-state index in [9.17, 15) is 13.2 Å². The summed E-state index contributed by atoms with van der Waals surface area (Å²) in [6, 6.07) is 0. The number of unbranched alkanes of at least 4 members (excludes halogenated alkanes) is 4. The van der Waals surface area contributed by atoms with E-state index in [1.165, 1.54) is 6.92 Å². The SMILES string of the molecule is CCCCCCCS(=O)(=O)CCOC(C)=O. The molecule has 0 aliphatic heterocycles. The summed E-state index contributed by atoms with van der Waals surface area (Å²) in [5.74, 6) is -0.281. The summed E-state index contributed by atoms with van der Waals surface area (Å²) in [6.45, 7) is 3.37. The maximum atomic E-state index is 11.5. The molecule has 0 rings (SSSR count). The molecule has 0 fully saturated rings. The van der Waals surface area contributed by atoms with Crippen LogP contribution in [0.4, 0.5) is 0 Å². The van der Waals surface area contributed by atoms with Gasteiger partial charge in [-0.1, -0.05) is 32.6 Å². The molecule has 0 aliphatic carbocycles. The zero-order chi connectivity index (χ0) is 12.4. The fourth-order valence-corrected chi connectivity index (χ4v) is 2.53. The van der Waals surface area contributed by atoms with Crippen LogP contribution in [0.25, 0.3) is 0 Å². The zero-order valence-corrected chi connectivity index (χ0v) is 11.0. The van der Waals surface area contributed by atoms with Crippen molar-refractivity contribution in [1.29, 1.82) is 0 Å². The lowest BCUT2D eigenvalue weighted by atomic mass is 10.2. The van der Waals surface area contributed by atoms with Crippen molar-refractivity contribution >= 4 is 15.8 Å². The first-order valence-corrected chi connectivity index (χ1v) is 7.64. The quantitative estimate of drug-likeness (QED) is 0.463. The molecule has 0 aliphatic rings. The molecule has 5 heteroatoms. The molecule has 0 unspecified atom stereocenters. The van der Waals surface area contributed by atoms with E-state index in [0.29, 0.717) is 6.42 Å². The van der Waals surface area contributed by atoms with E-state index in [1.54, 1.807) is 0 Å². The molecule has 0 saturated heterocycles. The Morgan fingerprint density at radius 1 is 1.06 bits per heavy atom. The highest BCUT2D eigenvalue weighted by molar-refractivity contribution is 7.91. The van der Waals surface area contributed by atoms with Gasteiger partial charge in [0.15, 0.2) is 9.84 Å². The van der Waals surface area contributed by atoms with E-state index in [2.05, 4.69) is 11.7 Å². The minimum atomic E-state index is -3.04. The number of carbonyl (C=O) groups is 1. The van der Waals surface area contributed by atoms with Crippen molar-refractivity contribution in [2.24, 2.45) is 0 Å².